The Hall–Kier alpha value is -3.69. The van der Waals surface area contributed by atoms with Crippen molar-refractivity contribution in [3.8, 4) is 0 Å². The zero-order valence-electron chi connectivity index (χ0n) is 14.7. The smallest absolute Gasteiger partial charge is 0.343 e. The molecule has 0 fully saturated rings. The maximum atomic E-state index is 12.3. The van der Waals surface area contributed by atoms with Gasteiger partial charge in [-0.1, -0.05) is 24.3 Å². The molecule has 0 unspecified atom stereocenters. The first-order chi connectivity index (χ1) is 13.7. The van der Waals surface area contributed by atoms with Crippen molar-refractivity contribution in [1.29, 1.82) is 0 Å². The van der Waals surface area contributed by atoms with Crippen LogP contribution in [0.25, 0.3) is 0 Å². The number of nitrogens with zero attached hydrogens (tertiary/aromatic N) is 1. The molecule has 3 rings (SSSR count). The lowest BCUT2D eigenvalue weighted by molar-refractivity contribution is -0.123. The molecule has 4 amide bonds. The van der Waals surface area contributed by atoms with Gasteiger partial charge in [0.25, 0.3) is 17.7 Å². The van der Waals surface area contributed by atoms with E-state index in [4.69, 9.17) is 0 Å². The maximum Gasteiger partial charge on any atom is 0.405 e. The summed E-state index contributed by atoms with van der Waals surface area (Å²) in [6, 6.07) is 11.6. The standard InChI is InChI=1S/C19H14F3N3O4/c20-19(21,22)10-23-16(27)13-7-3-4-8-14(13)24-15(26)9-25-17(28)11-5-1-2-6-12(11)18(25)29/h1-8H,9-10H2,(H,23,27)(H,24,26). The van der Waals surface area contributed by atoms with E-state index >= 15 is 0 Å². The third-order valence-corrected chi connectivity index (χ3v) is 4.08. The summed E-state index contributed by atoms with van der Waals surface area (Å²) in [4.78, 5) is 49.7. The van der Waals surface area contributed by atoms with Gasteiger partial charge in [-0.05, 0) is 24.3 Å². The molecule has 150 valence electrons. The molecule has 0 radical (unpaired) electrons. The van der Waals surface area contributed by atoms with Crippen LogP contribution >= 0.6 is 0 Å². The number of benzene rings is 2. The van der Waals surface area contributed by atoms with Gasteiger partial charge in [0.1, 0.15) is 13.1 Å². The highest BCUT2D eigenvalue weighted by molar-refractivity contribution is 6.22. The number of hydrogen-bond acceptors (Lipinski definition) is 4. The molecule has 2 aromatic rings. The van der Waals surface area contributed by atoms with Gasteiger partial charge in [0.05, 0.1) is 22.4 Å². The first kappa shape index (κ1) is 20.1. The number of amides is 4. The van der Waals surface area contributed by atoms with Gasteiger partial charge in [-0.2, -0.15) is 13.2 Å². The van der Waals surface area contributed by atoms with E-state index in [9.17, 15) is 32.3 Å². The molecule has 0 aromatic heterocycles. The van der Waals surface area contributed by atoms with Gasteiger partial charge in [0.15, 0.2) is 0 Å². The van der Waals surface area contributed by atoms with Crippen LogP contribution in [0.2, 0.25) is 0 Å². The van der Waals surface area contributed by atoms with E-state index in [0.717, 1.165) is 4.90 Å². The molecule has 0 saturated carbocycles. The topological polar surface area (TPSA) is 95.6 Å². The fraction of sp³-hybridized carbons (Fsp3) is 0.158. The summed E-state index contributed by atoms with van der Waals surface area (Å²) in [7, 11) is 0. The van der Waals surface area contributed by atoms with Crippen molar-refractivity contribution in [3.05, 3.63) is 65.2 Å². The van der Waals surface area contributed by atoms with Crippen molar-refractivity contribution in [2.45, 2.75) is 6.18 Å². The maximum absolute atomic E-state index is 12.3. The summed E-state index contributed by atoms with van der Waals surface area (Å²) in [6.07, 6.45) is -4.58. The van der Waals surface area contributed by atoms with E-state index in [1.807, 2.05) is 0 Å². The highest BCUT2D eigenvalue weighted by atomic mass is 19.4. The zero-order chi connectivity index (χ0) is 21.2. The van der Waals surface area contributed by atoms with Crippen LogP contribution in [0.15, 0.2) is 48.5 Å². The highest BCUT2D eigenvalue weighted by Gasteiger charge is 2.36. The van der Waals surface area contributed by atoms with Gasteiger partial charge in [0.2, 0.25) is 5.91 Å². The van der Waals surface area contributed by atoms with Crippen LogP contribution in [0.3, 0.4) is 0 Å². The Bertz CT molecular complexity index is 969. The van der Waals surface area contributed by atoms with Crippen LogP contribution < -0.4 is 10.6 Å². The highest BCUT2D eigenvalue weighted by Crippen LogP contribution is 2.22. The lowest BCUT2D eigenvalue weighted by atomic mass is 10.1. The number of imide groups is 1. The quantitative estimate of drug-likeness (QED) is 0.746. The molecule has 7 nitrogen and oxygen atoms in total. The number of hydrogen-bond donors (Lipinski definition) is 2. The predicted molar refractivity (Wildman–Crippen MR) is 95.3 cm³/mol. The molecule has 0 saturated heterocycles. The molecule has 10 heteroatoms. The van der Waals surface area contributed by atoms with Crippen molar-refractivity contribution < 1.29 is 32.3 Å². The third kappa shape index (κ3) is 4.42. The van der Waals surface area contributed by atoms with E-state index in [1.165, 1.54) is 36.4 Å². The average Bonchev–Trinajstić information content (AvgIpc) is 2.91. The van der Waals surface area contributed by atoms with E-state index in [-0.39, 0.29) is 22.4 Å². The lowest BCUT2D eigenvalue weighted by Crippen LogP contribution is -2.38. The third-order valence-electron chi connectivity index (χ3n) is 4.08. The van der Waals surface area contributed by atoms with Gasteiger partial charge < -0.3 is 10.6 Å². The second kappa shape index (κ2) is 7.74. The Morgan fingerprint density at radius 3 is 2.03 bits per heavy atom. The summed E-state index contributed by atoms with van der Waals surface area (Å²) < 4.78 is 36.9. The van der Waals surface area contributed by atoms with Gasteiger partial charge in [-0.25, -0.2) is 0 Å². The van der Waals surface area contributed by atoms with Crippen molar-refractivity contribution in [2.24, 2.45) is 0 Å². The number of halogens is 3. The fourth-order valence-electron chi connectivity index (χ4n) is 2.78. The van der Waals surface area contributed by atoms with E-state index in [0.29, 0.717) is 0 Å². The molecule has 2 N–H and O–H groups in total. The predicted octanol–water partition coefficient (Wildman–Crippen LogP) is 2.21. The van der Waals surface area contributed by atoms with Crippen LogP contribution in [-0.2, 0) is 4.79 Å². The molecule has 0 atom stereocenters. The van der Waals surface area contributed by atoms with Crippen LogP contribution in [0.1, 0.15) is 31.1 Å². The Morgan fingerprint density at radius 1 is 0.897 bits per heavy atom. The molecule has 1 aliphatic rings. The van der Waals surface area contributed by atoms with E-state index in [2.05, 4.69) is 5.32 Å². The number of alkyl halides is 3. The number of nitrogens with one attached hydrogen (secondary N) is 2. The minimum Gasteiger partial charge on any atom is -0.343 e. The molecule has 1 heterocycles. The van der Waals surface area contributed by atoms with Crippen LogP contribution in [-0.4, -0.2) is 47.8 Å². The molecule has 0 spiro atoms. The Balaban J connectivity index is 1.70. The number of fused-ring (bicyclic) bond motifs is 1. The van der Waals surface area contributed by atoms with Gasteiger partial charge in [-0.15, -0.1) is 0 Å². The number of para-hydroxylation sites is 1. The van der Waals surface area contributed by atoms with Crippen molar-refractivity contribution in [2.75, 3.05) is 18.4 Å². The minimum atomic E-state index is -4.58. The molecule has 0 bridgehead atoms. The normalized spacial score (nSPS) is 13.3. The van der Waals surface area contributed by atoms with E-state index < -0.39 is 42.9 Å². The van der Waals surface area contributed by atoms with Crippen molar-refractivity contribution in [3.63, 3.8) is 0 Å². The number of anilines is 1. The second-order valence-corrected chi connectivity index (χ2v) is 6.13. The average molecular weight is 405 g/mol. The monoisotopic (exact) mass is 405 g/mol. The molecular formula is C19H14F3N3O4. The number of carbonyl (C=O) groups is 4. The Labute approximate surface area is 162 Å². The molecular weight excluding hydrogens is 391 g/mol. The largest absolute Gasteiger partial charge is 0.405 e. The summed E-state index contributed by atoms with van der Waals surface area (Å²) in [6.45, 7) is -2.13. The first-order valence-electron chi connectivity index (χ1n) is 8.36. The summed E-state index contributed by atoms with van der Waals surface area (Å²) in [5.41, 5.74) is 0.121. The second-order valence-electron chi connectivity index (χ2n) is 6.13. The van der Waals surface area contributed by atoms with Gasteiger partial charge in [-0.3, -0.25) is 24.1 Å². The summed E-state index contributed by atoms with van der Waals surface area (Å²) in [5, 5.41) is 4.07. The van der Waals surface area contributed by atoms with Crippen LogP contribution in [0, 0.1) is 0 Å². The molecule has 29 heavy (non-hydrogen) atoms. The number of carbonyl (C=O) groups excluding carboxylic acids is 4. The Kier molecular flexibility index (Phi) is 5.35. The minimum absolute atomic E-state index is 0.0474. The summed E-state index contributed by atoms with van der Waals surface area (Å²) in [5.74, 6) is -3.07. The molecule has 2 aromatic carbocycles. The number of rotatable bonds is 5. The van der Waals surface area contributed by atoms with Crippen molar-refractivity contribution in [1.82, 2.24) is 10.2 Å². The van der Waals surface area contributed by atoms with E-state index in [1.54, 1.807) is 17.4 Å². The fourth-order valence-corrected chi connectivity index (χ4v) is 2.78. The Morgan fingerprint density at radius 2 is 1.45 bits per heavy atom. The zero-order valence-corrected chi connectivity index (χ0v) is 14.7. The first-order valence-corrected chi connectivity index (χ1v) is 8.36. The van der Waals surface area contributed by atoms with Gasteiger partial charge in [0, 0.05) is 0 Å². The van der Waals surface area contributed by atoms with Crippen molar-refractivity contribution >= 4 is 29.3 Å². The van der Waals surface area contributed by atoms with Crippen LogP contribution in [0.4, 0.5) is 18.9 Å². The van der Waals surface area contributed by atoms with Crippen LogP contribution in [0.5, 0.6) is 0 Å². The SMILES string of the molecule is O=C(CN1C(=O)c2ccccc2C1=O)Nc1ccccc1C(=O)NCC(F)(F)F. The summed E-state index contributed by atoms with van der Waals surface area (Å²) >= 11 is 0. The molecule has 1 aliphatic heterocycles. The lowest BCUT2D eigenvalue weighted by Gasteiger charge is -2.15. The van der Waals surface area contributed by atoms with Gasteiger partial charge >= 0.3 is 6.18 Å². The molecule has 0 aliphatic carbocycles.